The Bertz CT molecular complexity index is 2130. The lowest BCUT2D eigenvalue weighted by Crippen LogP contribution is -2.39. The van der Waals surface area contributed by atoms with Gasteiger partial charge in [0.25, 0.3) is 5.91 Å². The molecule has 4 aromatic rings. The number of ether oxygens (including phenoxy) is 3. The van der Waals surface area contributed by atoms with E-state index >= 15 is 0 Å². The van der Waals surface area contributed by atoms with Crippen molar-refractivity contribution in [2.45, 2.75) is 63.2 Å². The molecule has 0 radical (unpaired) electrons. The Morgan fingerprint density at radius 2 is 1.67 bits per heavy atom. The van der Waals surface area contributed by atoms with Gasteiger partial charge in [0.15, 0.2) is 12.4 Å². The number of hydrogen-bond acceptors (Lipinski definition) is 10. The Balaban J connectivity index is 0.698. The molecule has 4 aliphatic rings. The Morgan fingerprint density at radius 1 is 0.918 bits per heavy atom. The fourth-order valence-electron chi connectivity index (χ4n) is 9.08. The van der Waals surface area contributed by atoms with Crippen molar-refractivity contribution in [3.8, 4) is 22.6 Å². The van der Waals surface area contributed by atoms with E-state index in [0.29, 0.717) is 50.1 Å². The Morgan fingerprint density at radius 3 is 2.46 bits per heavy atom. The Kier molecular flexibility index (Phi) is 13.8. The second-order valence-corrected chi connectivity index (χ2v) is 16.8. The van der Waals surface area contributed by atoms with Gasteiger partial charge in [0.05, 0.1) is 31.4 Å². The quantitative estimate of drug-likeness (QED) is 0.0548. The van der Waals surface area contributed by atoms with Crippen molar-refractivity contribution < 1.29 is 38.8 Å². The van der Waals surface area contributed by atoms with Gasteiger partial charge in [-0.15, -0.1) is 0 Å². The first-order valence-electron chi connectivity index (χ1n) is 21.7. The van der Waals surface area contributed by atoms with E-state index < -0.39 is 6.10 Å². The molecule has 322 valence electrons. The molecule has 2 unspecified atom stereocenters. The number of likely N-dealkylation sites (tertiary alicyclic amines) is 1. The van der Waals surface area contributed by atoms with Crippen LogP contribution in [0.1, 0.15) is 54.9 Å². The molecule has 3 amide bonds. The molecule has 0 aromatic heterocycles. The summed E-state index contributed by atoms with van der Waals surface area (Å²) in [6.45, 7) is 5.06. The second-order valence-electron chi connectivity index (χ2n) is 16.8. The molecule has 13 heteroatoms. The highest BCUT2D eigenvalue weighted by Crippen LogP contribution is 2.42. The van der Waals surface area contributed by atoms with Crippen LogP contribution in [0.3, 0.4) is 0 Å². The molecule has 8 rings (SSSR count). The number of rotatable bonds is 19. The average molecular weight is 832 g/mol. The van der Waals surface area contributed by atoms with Crippen LogP contribution in [0.4, 0.5) is 16.2 Å². The molecular formula is C48H57N5O8. The molecule has 4 aromatic carbocycles. The van der Waals surface area contributed by atoms with Crippen molar-refractivity contribution in [2.75, 3.05) is 69.7 Å². The molecule has 0 bridgehead atoms. The number of para-hydroxylation sites is 1. The summed E-state index contributed by atoms with van der Waals surface area (Å²) < 4.78 is 17.4. The smallest absolute Gasteiger partial charge is 0.411 e. The normalized spacial score (nSPS) is 20.0. The van der Waals surface area contributed by atoms with Crippen LogP contribution in [-0.2, 0) is 31.9 Å². The van der Waals surface area contributed by atoms with Gasteiger partial charge in [-0.2, -0.15) is 0 Å². The number of fused-ring (bicyclic) bond motifs is 2. The molecule has 2 saturated carbocycles. The standard InChI is InChI=1S/C48H57N5O8/c54-42-16-15-40(47-46(42)51-44(56)31-60-47)43(55)28-49-20-22-53(37-13-14-37)45(57)19-24-59-23-18-33-8-6-7-32(25-33)17-21-52-29-35-26-38(27-36(35)30-52)61-48(58)50-41-12-5-4-11-39(41)34-9-2-1-3-10-34/h1-12,15-16,25,35-38,43,49,54-55H,13-14,17-24,26-31H2,(H,50,58)(H,51,56)/t35?,36?,38?,43-/m0/s1. The van der Waals surface area contributed by atoms with Crippen LogP contribution in [0.2, 0.25) is 0 Å². The molecule has 3 atom stereocenters. The highest BCUT2D eigenvalue weighted by atomic mass is 16.6. The third-order valence-electron chi connectivity index (χ3n) is 12.3. The zero-order valence-electron chi connectivity index (χ0n) is 34.6. The number of carbonyl (C=O) groups excluding carboxylic acids is 3. The van der Waals surface area contributed by atoms with Crippen molar-refractivity contribution in [1.29, 1.82) is 0 Å². The van der Waals surface area contributed by atoms with Crippen molar-refractivity contribution in [3.05, 3.63) is 108 Å². The van der Waals surface area contributed by atoms with Crippen LogP contribution in [0.5, 0.6) is 11.5 Å². The van der Waals surface area contributed by atoms with Gasteiger partial charge in [-0.3, -0.25) is 14.9 Å². The van der Waals surface area contributed by atoms with E-state index in [0.717, 1.165) is 75.0 Å². The van der Waals surface area contributed by atoms with Crippen LogP contribution < -0.4 is 20.7 Å². The van der Waals surface area contributed by atoms with Crippen LogP contribution in [0, 0.1) is 11.8 Å². The number of anilines is 2. The van der Waals surface area contributed by atoms with Gasteiger partial charge in [0.1, 0.15) is 17.5 Å². The topological polar surface area (TPSA) is 162 Å². The summed E-state index contributed by atoms with van der Waals surface area (Å²) in [4.78, 5) is 42.3. The van der Waals surface area contributed by atoms with Crippen molar-refractivity contribution in [1.82, 2.24) is 15.1 Å². The number of carbonyl (C=O) groups is 3. The minimum Gasteiger partial charge on any atom is -0.506 e. The number of aromatic hydroxyl groups is 1. The van der Waals surface area contributed by atoms with Crippen molar-refractivity contribution in [2.24, 2.45) is 11.8 Å². The maximum Gasteiger partial charge on any atom is 0.411 e. The lowest BCUT2D eigenvalue weighted by atomic mass is 10.0. The third kappa shape index (κ3) is 11.1. The van der Waals surface area contributed by atoms with Gasteiger partial charge in [-0.1, -0.05) is 72.8 Å². The third-order valence-corrected chi connectivity index (χ3v) is 12.3. The largest absolute Gasteiger partial charge is 0.506 e. The monoisotopic (exact) mass is 831 g/mol. The summed E-state index contributed by atoms with van der Waals surface area (Å²) in [5.41, 5.74) is 5.94. The molecule has 13 nitrogen and oxygen atoms in total. The van der Waals surface area contributed by atoms with Crippen molar-refractivity contribution >= 4 is 29.3 Å². The average Bonchev–Trinajstić information content (AvgIpc) is 3.93. The zero-order valence-corrected chi connectivity index (χ0v) is 34.6. The molecule has 1 saturated heterocycles. The molecule has 5 N–H and O–H groups in total. The van der Waals surface area contributed by atoms with E-state index in [4.69, 9.17) is 14.2 Å². The number of benzene rings is 4. The number of phenols is 1. The SMILES string of the molecule is O=C1COc2c([C@@H](O)CNCCN(C(=O)CCOCCc3cccc(CCN4CC5CC(OC(=O)Nc6ccccc6-c6ccccc6)CC5C4)c3)C3CC3)ccc(O)c2N1. The van der Waals surface area contributed by atoms with Crippen LogP contribution in [-0.4, -0.2) is 109 Å². The minimum atomic E-state index is -0.928. The molecular weight excluding hydrogens is 775 g/mol. The summed E-state index contributed by atoms with van der Waals surface area (Å²) in [5, 5.41) is 29.7. The number of amides is 3. The van der Waals surface area contributed by atoms with Gasteiger partial charge in [0.2, 0.25) is 5.91 Å². The fraction of sp³-hybridized carbons (Fsp3) is 0.438. The summed E-state index contributed by atoms with van der Waals surface area (Å²) in [6.07, 6.45) is 4.51. The van der Waals surface area contributed by atoms with Gasteiger partial charge in [-0.05, 0) is 85.3 Å². The highest BCUT2D eigenvalue weighted by Gasteiger charge is 2.42. The lowest BCUT2D eigenvalue weighted by Gasteiger charge is -2.25. The van der Waals surface area contributed by atoms with Crippen LogP contribution >= 0.6 is 0 Å². The zero-order chi connectivity index (χ0) is 42.1. The molecule has 61 heavy (non-hydrogen) atoms. The number of aliphatic hydroxyl groups excluding tert-OH is 1. The number of aliphatic hydroxyl groups is 1. The van der Waals surface area contributed by atoms with E-state index in [2.05, 4.69) is 45.1 Å². The number of hydrogen-bond donors (Lipinski definition) is 5. The maximum absolute atomic E-state index is 13.2. The second kappa shape index (κ2) is 19.9. The molecule has 2 aliphatic carbocycles. The number of phenolic OH excluding ortho intramolecular Hbond substituents is 1. The van der Waals surface area contributed by atoms with Gasteiger partial charge >= 0.3 is 6.09 Å². The maximum atomic E-state index is 13.2. The molecule has 3 fully saturated rings. The predicted molar refractivity (Wildman–Crippen MR) is 233 cm³/mol. The van der Waals surface area contributed by atoms with Gasteiger partial charge in [-0.25, -0.2) is 4.79 Å². The van der Waals surface area contributed by atoms with E-state index in [1.54, 1.807) is 6.07 Å². The van der Waals surface area contributed by atoms with E-state index in [9.17, 15) is 24.6 Å². The number of nitrogens with zero attached hydrogens (tertiary/aromatic N) is 2. The van der Waals surface area contributed by atoms with Crippen LogP contribution in [0.25, 0.3) is 11.1 Å². The van der Waals surface area contributed by atoms with E-state index in [1.807, 2.05) is 59.5 Å². The summed E-state index contributed by atoms with van der Waals surface area (Å²) in [6, 6.07) is 29.8. The molecule has 0 spiro atoms. The lowest BCUT2D eigenvalue weighted by molar-refractivity contribution is -0.132. The summed E-state index contributed by atoms with van der Waals surface area (Å²) in [5.74, 6) is 0.947. The van der Waals surface area contributed by atoms with Gasteiger partial charge in [0, 0.05) is 56.4 Å². The summed E-state index contributed by atoms with van der Waals surface area (Å²) in [7, 11) is 0. The first-order chi connectivity index (χ1) is 29.8. The predicted octanol–water partition coefficient (Wildman–Crippen LogP) is 6.16. The summed E-state index contributed by atoms with van der Waals surface area (Å²) >= 11 is 0. The first kappa shape index (κ1) is 42.2. The van der Waals surface area contributed by atoms with E-state index in [1.165, 1.54) is 17.2 Å². The highest BCUT2D eigenvalue weighted by molar-refractivity contribution is 5.97. The minimum absolute atomic E-state index is 0.0562. The molecule has 2 aliphatic heterocycles. The fourth-order valence-corrected chi connectivity index (χ4v) is 9.08. The van der Waals surface area contributed by atoms with Gasteiger partial charge < -0.3 is 44.9 Å². The molecule has 2 heterocycles. The van der Waals surface area contributed by atoms with E-state index in [-0.39, 0.29) is 60.4 Å². The number of nitrogens with one attached hydrogen (secondary N) is 3. The Labute approximate surface area is 357 Å². The van der Waals surface area contributed by atoms with Crippen LogP contribution in [0.15, 0.2) is 91.0 Å². The first-order valence-corrected chi connectivity index (χ1v) is 21.7. The Hall–Kier alpha value is -5.47. The van der Waals surface area contributed by atoms with Crippen molar-refractivity contribution in [3.63, 3.8) is 0 Å².